The maximum Gasteiger partial charge on any atom is 0.348 e. The standard InChI is InChI=1S/C15H14N4O3S2/c1-3-22-14(21)11-8(2)10-12(20)18-9(19-13(10)24-11)7-23-15-16-5-4-6-17-15/h4-6H,3,7H2,1-2H3,(H,18,19,20). The van der Waals surface area contributed by atoms with Crippen LogP contribution in [0.2, 0.25) is 0 Å². The number of H-pyrrole nitrogens is 1. The Morgan fingerprint density at radius 3 is 2.83 bits per heavy atom. The van der Waals surface area contributed by atoms with Crippen LogP contribution < -0.4 is 5.56 Å². The van der Waals surface area contributed by atoms with Gasteiger partial charge in [-0.25, -0.2) is 19.7 Å². The van der Waals surface area contributed by atoms with Crippen LogP contribution in [0, 0.1) is 6.92 Å². The van der Waals surface area contributed by atoms with Gasteiger partial charge in [0.05, 0.1) is 17.7 Å². The molecule has 0 amide bonds. The Kier molecular flexibility index (Phi) is 4.91. The Hall–Kier alpha value is -2.26. The molecule has 24 heavy (non-hydrogen) atoms. The number of carbonyl (C=O) groups excluding carboxylic acids is 1. The summed E-state index contributed by atoms with van der Waals surface area (Å²) < 4.78 is 5.02. The van der Waals surface area contributed by atoms with Gasteiger partial charge in [-0.15, -0.1) is 11.3 Å². The molecule has 3 heterocycles. The van der Waals surface area contributed by atoms with Crippen LogP contribution in [0.1, 0.15) is 28.0 Å². The van der Waals surface area contributed by atoms with Crippen LogP contribution in [-0.2, 0) is 10.5 Å². The van der Waals surface area contributed by atoms with Gasteiger partial charge in [-0.1, -0.05) is 11.8 Å². The number of esters is 1. The molecule has 0 saturated heterocycles. The maximum absolute atomic E-state index is 12.3. The summed E-state index contributed by atoms with van der Waals surface area (Å²) in [4.78, 5) is 40.7. The minimum atomic E-state index is -0.425. The first-order chi connectivity index (χ1) is 11.6. The van der Waals surface area contributed by atoms with Crippen molar-refractivity contribution in [2.45, 2.75) is 24.8 Å². The van der Waals surface area contributed by atoms with E-state index in [2.05, 4.69) is 19.9 Å². The predicted octanol–water partition coefficient (Wildman–Crippen LogP) is 2.55. The second kappa shape index (κ2) is 7.10. The second-order valence-electron chi connectivity index (χ2n) is 4.79. The SMILES string of the molecule is CCOC(=O)c1sc2nc(CSc3ncccn3)[nH]c(=O)c2c1C. The number of carbonyl (C=O) groups is 1. The highest BCUT2D eigenvalue weighted by Crippen LogP contribution is 2.28. The molecular formula is C15H14N4O3S2. The van der Waals surface area contributed by atoms with E-state index in [0.29, 0.717) is 37.4 Å². The number of aromatic nitrogens is 4. The van der Waals surface area contributed by atoms with Gasteiger partial charge < -0.3 is 9.72 Å². The molecule has 124 valence electrons. The molecule has 3 rings (SSSR count). The number of hydrogen-bond acceptors (Lipinski definition) is 8. The number of hydrogen-bond donors (Lipinski definition) is 1. The van der Waals surface area contributed by atoms with E-state index >= 15 is 0 Å². The molecule has 0 spiro atoms. The molecule has 0 radical (unpaired) electrons. The van der Waals surface area contributed by atoms with Crippen molar-refractivity contribution in [1.29, 1.82) is 0 Å². The van der Waals surface area contributed by atoms with Crippen LogP contribution in [0.15, 0.2) is 28.4 Å². The summed E-state index contributed by atoms with van der Waals surface area (Å²) in [5.41, 5.74) is 0.349. The zero-order valence-corrected chi connectivity index (χ0v) is 14.7. The van der Waals surface area contributed by atoms with Crippen LogP contribution in [0.4, 0.5) is 0 Å². The molecule has 0 aliphatic heterocycles. The third kappa shape index (κ3) is 3.31. The van der Waals surface area contributed by atoms with E-state index in [0.717, 1.165) is 0 Å². The molecule has 0 atom stereocenters. The van der Waals surface area contributed by atoms with E-state index in [4.69, 9.17) is 4.74 Å². The zero-order chi connectivity index (χ0) is 17.1. The predicted molar refractivity (Wildman–Crippen MR) is 92.5 cm³/mol. The monoisotopic (exact) mass is 362 g/mol. The van der Waals surface area contributed by atoms with Gasteiger partial charge in [0.2, 0.25) is 0 Å². The average molecular weight is 362 g/mol. The number of aromatic amines is 1. The normalized spacial score (nSPS) is 10.9. The Morgan fingerprint density at radius 2 is 2.12 bits per heavy atom. The zero-order valence-electron chi connectivity index (χ0n) is 13.0. The Labute approximate surface area is 145 Å². The maximum atomic E-state index is 12.3. The molecule has 3 aromatic heterocycles. The van der Waals surface area contributed by atoms with Crippen molar-refractivity contribution in [1.82, 2.24) is 19.9 Å². The molecule has 3 aromatic rings. The molecular weight excluding hydrogens is 348 g/mol. The lowest BCUT2D eigenvalue weighted by Crippen LogP contribution is -2.11. The van der Waals surface area contributed by atoms with Crippen LogP contribution in [0.25, 0.3) is 10.2 Å². The van der Waals surface area contributed by atoms with E-state index in [1.807, 2.05) is 0 Å². The van der Waals surface area contributed by atoms with Gasteiger partial charge in [0.1, 0.15) is 15.5 Å². The summed E-state index contributed by atoms with van der Waals surface area (Å²) in [5.74, 6) is 0.522. The molecule has 9 heteroatoms. The van der Waals surface area contributed by atoms with Crippen LogP contribution in [0.3, 0.4) is 0 Å². The number of rotatable bonds is 5. The Balaban J connectivity index is 1.92. The summed E-state index contributed by atoms with van der Waals surface area (Å²) in [6.45, 7) is 3.76. The van der Waals surface area contributed by atoms with Crippen molar-refractivity contribution in [3.63, 3.8) is 0 Å². The first-order valence-corrected chi connectivity index (χ1v) is 8.99. The molecule has 0 saturated carbocycles. The quantitative estimate of drug-likeness (QED) is 0.423. The van der Waals surface area contributed by atoms with Crippen molar-refractivity contribution in [3.8, 4) is 0 Å². The summed E-state index contributed by atoms with van der Waals surface area (Å²) in [6.07, 6.45) is 3.31. The lowest BCUT2D eigenvalue weighted by molar-refractivity contribution is 0.0531. The number of fused-ring (bicyclic) bond motifs is 1. The summed E-state index contributed by atoms with van der Waals surface area (Å²) in [5, 5.41) is 1.04. The molecule has 1 N–H and O–H groups in total. The third-order valence-electron chi connectivity index (χ3n) is 3.19. The number of ether oxygens (including phenoxy) is 1. The van der Waals surface area contributed by atoms with Gasteiger partial charge in [0, 0.05) is 12.4 Å². The van der Waals surface area contributed by atoms with Gasteiger partial charge in [0.25, 0.3) is 5.56 Å². The van der Waals surface area contributed by atoms with Gasteiger partial charge in [-0.2, -0.15) is 0 Å². The van der Waals surface area contributed by atoms with Crippen molar-refractivity contribution < 1.29 is 9.53 Å². The molecule has 0 aliphatic rings. The smallest absolute Gasteiger partial charge is 0.348 e. The Morgan fingerprint density at radius 1 is 1.38 bits per heavy atom. The van der Waals surface area contributed by atoms with E-state index in [-0.39, 0.29) is 12.2 Å². The second-order valence-corrected chi connectivity index (χ2v) is 6.73. The van der Waals surface area contributed by atoms with Gasteiger partial charge in [-0.05, 0) is 25.5 Å². The van der Waals surface area contributed by atoms with Gasteiger partial charge >= 0.3 is 5.97 Å². The highest BCUT2D eigenvalue weighted by atomic mass is 32.2. The van der Waals surface area contributed by atoms with Crippen molar-refractivity contribution in [2.24, 2.45) is 0 Å². The highest BCUT2D eigenvalue weighted by molar-refractivity contribution is 7.98. The van der Waals surface area contributed by atoms with Gasteiger partial charge in [-0.3, -0.25) is 4.79 Å². The van der Waals surface area contributed by atoms with E-state index in [9.17, 15) is 9.59 Å². The van der Waals surface area contributed by atoms with E-state index in [1.165, 1.54) is 23.1 Å². The lowest BCUT2D eigenvalue weighted by Gasteiger charge is -2.00. The Bertz CT molecular complexity index is 937. The fraction of sp³-hybridized carbons (Fsp3) is 0.267. The largest absolute Gasteiger partial charge is 0.462 e. The minimum Gasteiger partial charge on any atom is -0.462 e. The topological polar surface area (TPSA) is 97.8 Å². The third-order valence-corrected chi connectivity index (χ3v) is 5.24. The van der Waals surface area contributed by atoms with E-state index < -0.39 is 5.97 Å². The van der Waals surface area contributed by atoms with Crippen molar-refractivity contribution in [2.75, 3.05) is 6.61 Å². The first kappa shape index (κ1) is 16.6. The van der Waals surface area contributed by atoms with Gasteiger partial charge in [0.15, 0.2) is 5.16 Å². The molecule has 0 aliphatic carbocycles. The highest BCUT2D eigenvalue weighted by Gasteiger charge is 2.20. The number of aryl methyl sites for hydroxylation is 1. The number of nitrogens with zero attached hydrogens (tertiary/aromatic N) is 3. The number of thiophene rings is 1. The number of nitrogens with one attached hydrogen (secondary N) is 1. The van der Waals surface area contributed by atoms with E-state index in [1.54, 1.807) is 32.3 Å². The summed E-state index contributed by atoms with van der Waals surface area (Å²) in [6, 6.07) is 1.74. The van der Waals surface area contributed by atoms with Crippen molar-refractivity contribution >= 4 is 39.3 Å². The van der Waals surface area contributed by atoms with Crippen LogP contribution >= 0.6 is 23.1 Å². The fourth-order valence-electron chi connectivity index (χ4n) is 2.14. The molecule has 0 aromatic carbocycles. The van der Waals surface area contributed by atoms with Crippen LogP contribution in [-0.4, -0.2) is 32.5 Å². The summed E-state index contributed by atoms with van der Waals surface area (Å²) in [7, 11) is 0. The van der Waals surface area contributed by atoms with Crippen molar-refractivity contribution in [3.05, 3.63) is 45.1 Å². The number of thioether (sulfide) groups is 1. The molecule has 0 unspecified atom stereocenters. The van der Waals surface area contributed by atoms with Crippen LogP contribution in [0.5, 0.6) is 0 Å². The molecule has 0 bridgehead atoms. The molecule has 0 fully saturated rings. The fourth-order valence-corrected chi connectivity index (χ4v) is 3.91. The molecule has 7 nitrogen and oxygen atoms in total. The minimum absolute atomic E-state index is 0.256. The first-order valence-electron chi connectivity index (χ1n) is 7.19. The lowest BCUT2D eigenvalue weighted by atomic mass is 10.2. The summed E-state index contributed by atoms with van der Waals surface area (Å²) >= 11 is 2.55. The average Bonchev–Trinajstić information content (AvgIpc) is 2.91.